The van der Waals surface area contributed by atoms with Gasteiger partial charge in [-0.25, -0.2) is 14.2 Å². The van der Waals surface area contributed by atoms with E-state index >= 15 is 0 Å². The molecular weight excluding hydrogens is 507 g/mol. The lowest BCUT2D eigenvalue weighted by molar-refractivity contribution is -0.138. The van der Waals surface area contributed by atoms with Crippen LogP contribution in [-0.4, -0.2) is 48.8 Å². The number of carbonyl (C=O) groups excluding carboxylic acids is 1. The number of nitrogens with zero attached hydrogens (tertiary/aromatic N) is 3. The van der Waals surface area contributed by atoms with E-state index in [-0.39, 0.29) is 16.9 Å². The van der Waals surface area contributed by atoms with Crippen LogP contribution in [0.25, 0.3) is 17.2 Å². The molecule has 5 rings (SSSR count). The summed E-state index contributed by atoms with van der Waals surface area (Å²) in [6, 6.07) is 10.7. The summed E-state index contributed by atoms with van der Waals surface area (Å²) < 4.78 is 24.5. The summed E-state index contributed by atoms with van der Waals surface area (Å²) in [4.78, 5) is 24.3. The molecule has 2 heterocycles. The number of anilines is 3. The molecule has 1 N–H and O–H groups in total. The molecule has 198 valence electrons. The van der Waals surface area contributed by atoms with Gasteiger partial charge in [0.05, 0.1) is 24.8 Å². The van der Waals surface area contributed by atoms with Crippen molar-refractivity contribution in [2.24, 2.45) is 0 Å². The van der Waals surface area contributed by atoms with Crippen LogP contribution in [0.2, 0.25) is 5.02 Å². The van der Waals surface area contributed by atoms with Crippen LogP contribution in [0.3, 0.4) is 0 Å². The van der Waals surface area contributed by atoms with E-state index in [1.165, 1.54) is 12.1 Å². The van der Waals surface area contributed by atoms with Gasteiger partial charge < -0.3 is 19.7 Å². The van der Waals surface area contributed by atoms with E-state index in [9.17, 15) is 9.18 Å². The molecule has 2 aliphatic rings. The van der Waals surface area contributed by atoms with Crippen LogP contribution in [0, 0.1) is 5.82 Å². The summed E-state index contributed by atoms with van der Waals surface area (Å²) in [6.07, 6.45) is 5.60. The third-order valence-corrected chi connectivity index (χ3v) is 7.09. The molecule has 7 nitrogen and oxygen atoms in total. The Kier molecular flexibility index (Phi) is 7.90. The van der Waals surface area contributed by atoms with E-state index in [0.717, 1.165) is 40.9 Å². The minimum Gasteiger partial charge on any atom is -0.463 e. The molecule has 0 spiro atoms. The Morgan fingerprint density at radius 3 is 2.76 bits per heavy atom. The topological polar surface area (TPSA) is 76.6 Å². The number of benzene rings is 2. The second-order valence-electron chi connectivity index (χ2n) is 9.29. The Bertz CT molecular complexity index is 1370. The van der Waals surface area contributed by atoms with Crippen LogP contribution >= 0.6 is 11.6 Å². The molecule has 3 aromatic rings. The Morgan fingerprint density at radius 1 is 1.21 bits per heavy atom. The Balaban J connectivity index is 1.52. The van der Waals surface area contributed by atoms with Gasteiger partial charge in [0, 0.05) is 42.0 Å². The predicted octanol–water partition coefficient (Wildman–Crippen LogP) is 6.36. The zero-order chi connectivity index (χ0) is 26.6. The van der Waals surface area contributed by atoms with Crippen molar-refractivity contribution in [3.05, 3.63) is 70.1 Å². The van der Waals surface area contributed by atoms with Gasteiger partial charge in [0.25, 0.3) is 0 Å². The fourth-order valence-corrected chi connectivity index (χ4v) is 5.17. The standard InChI is InChI=1S/C29H30ClFN4O3/c1-3-5-22-21-8-6-18(14-19(21)15-23(22)28(36)38-4-2)24-17-32-29(33-20-7-9-26(31)25(30)16-20)34-27(24)35-10-12-37-13-11-35/h6-9,14-17,22H,3-5,10-13H2,1-2H3,(H,32,33,34). The molecule has 0 amide bonds. The SMILES string of the molecule is CCCC1C(C(=O)OCC)=Cc2cc(-c3cnc(Nc4ccc(F)c(Cl)c4)nc3N3CCOCC3)ccc21. The minimum absolute atomic E-state index is 0.0229. The highest BCUT2D eigenvalue weighted by Gasteiger charge is 2.30. The van der Waals surface area contributed by atoms with E-state index in [0.29, 0.717) is 50.1 Å². The highest BCUT2D eigenvalue weighted by atomic mass is 35.5. The summed E-state index contributed by atoms with van der Waals surface area (Å²) >= 11 is 5.95. The van der Waals surface area contributed by atoms with Gasteiger partial charge in [-0.1, -0.05) is 37.1 Å². The fraction of sp³-hybridized carbons (Fsp3) is 0.345. The maximum atomic E-state index is 13.6. The van der Waals surface area contributed by atoms with Gasteiger partial charge in [-0.05, 0) is 60.4 Å². The Hall–Kier alpha value is -3.49. The lowest BCUT2D eigenvalue weighted by atomic mass is 9.90. The van der Waals surface area contributed by atoms with Crippen LogP contribution in [0.1, 0.15) is 43.7 Å². The van der Waals surface area contributed by atoms with Gasteiger partial charge >= 0.3 is 5.97 Å². The van der Waals surface area contributed by atoms with Crippen molar-refractivity contribution >= 4 is 41.1 Å². The first-order valence-electron chi connectivity index (χ1n) is 12.9. The summed E-state index contributed by atoms with van der Waals surface area (Å²) in [5.41, 5.74) is 5.29. The molecule has 38 heavy (non-hydrogen) atoms. The predicted molar refractivity (Wildman–Crippen MR) is 147 cm³/mol. The normalized spacial score (nSPS) is 16.7. The molecule has 0 saturated carbocycles. The first-order chi connectivity index (χ1) is 18.5. The molecule has 1 aliphatic heterocycles. The van der Waals surface area contributed by atoms with Crippen LogP contribution in [0.5, 0.6) is 0 Å². The van der Waals surface area contributed by atoms with Crippen molar-refractivity contribution in [3.8, 4) is 11.1 Å². The third kappa shape index (κ3) is 5.37. The summed E-state index contributed by atoms with van der Waals surface area (Å²) in [6.45, 7) is 6.90. The number of aromatic nitrogens is 2. The number of halogens is 2. The molecule has 0 bridgehead atoms. The van der Waals surface area contributed by atoms with Gasteiger partial charge in [0.2, 0.25) is 5.95 Å². The molecule has 1 aliphatic carbocycles. The van der Waals surface area contributed by atoms with Crippen molar-refractivity contribution in [1.29, 1.82) is 0 Å². The summed E-state index contributed by atoms with van der Waals surface area (Å²) in [5.74, 6) is 0.452. The first kappa shape index (κ1) is 26.1. The van der Waals surface area contributed by atoms with Crippen molar-refractivity contribution in [1.82, 2.24) is 9.97 Å². The maximum absolute atomic E-state index is 13.6. The van der Waals surface area contributed by atoms with Crippen LogP contribution in [-0.2, 0) is 14.3 Å². The number of esters is 1. The van der Waals surface area contributed by atoms with Gasteiger partial charge in [-0.2, -0.15) is 4.98 Å². The first-order valence-corrected chi connectivity index (χ1v) is 13.3. The highest BCUT2D eigenvalue weighted by molar-refractivity contribution is 6.31. The average molecular weight is 537 g/mol. The Labute approximate surface area is 226 Å². The van der Waals surface area contributed by atoms with Gasteiger partial charge in [-0.3, -0.25) is 0 Å². The molecule has 0 radical (unpaired) electrons. The quantitative estimate of drug-likeness (QED) is 0.336. The fourth-order valence-electron chi connectivity index (χ4n) is 4.99. The van der Waals surface area contributed by atoms with E-state index in [4.69, 9.17) is 26.1 Å². The van der Waals surface area contributed by atoms with Crippen molar-refractivity contribution in [2.75, 3.05) is 43.1 Å². The van der Waals surface area contributed by atoms with Crippen molar-refractivity contribution < 1.29 is 18.7 Å². The summed E-state index contributed by atoms with van der Waals surface area (Å²) in [5, 5.41) is 3.15. The second-order valence-corrected chi connectivity index (χ2v) is 9.70. The number of morpholine rings is 1. The van der Waals surface area contributed by atoms with E-state index in [1.54, 1.807) is 12.3 Å². The molecule has 1 fully saturated rings. The highest BCUT2D eigenvalue weighted by Crippen LogP contribution is 2.42. The van der Waals surface area contributed by atoms with E-state index < -0.39 is 5.82 Å². The largest absolute Gasteiger partial charge is 0.463 e. The zero-order valence-corrected chi connectivity index (χ0v) is 22.2. The van der Waals surface area contributed by atoms with Crippen molar-refractivity contribution in [2.45, 2.75) is 32.6 Å². The maximum Gasteiger partial charge on any atom is 0.334 e. The van der Waals surface area contributed by atoms with Crippen LogP contribution in [0.4, 0.5) is 21.8 Å². The van der Waals surface area contributed by atoms with E-state index in [1.807, 2.05) is 13.0 Å². The summed E-state index contributed by atoms with van der Waals surface area (Å²) in [7, 11) is 0. The third-order valence-electron chi connectivity index (χ3n) is 6.80. The number of ether oxygens (including phenoxy) is 2. The zero-order valence-electron chi connectivity index (χ0n) is 21.5. The monoisotopic (exact) mass is 536 g/mol. The molecule has 1 unspecified atom stereocenters. The lowest BCUT2D eigenvalue weighted by Crippen LogP contribution is -2.37. The lowest BCUT2D eigenvalue weighted by Gasteiger charge is -2.29. The average Bonchev–Trinajstić information content (AvgIpc) is 3.29. The van der Waals surface area contributed by atoms with Crippen molar-refractivity contribution in [3.63, 3.8) is 0 Å². The minimum atomic E-state index is -0.486. The molecule has 1 atom stereocenters. The number of fused-ring (bicyclic) bond motifs is 1. The molecule has 2 aromatic carbocycles. The molecule has 9 heteroatoms. The second kappa shape index (κ2) is 11.5. The molecular formula is C29H30ClFN4O3. The van der Waals surface area contributed by atoms with Gasteiger partial charge in [0.15, 0.2) is 0 Å². The number of hydrogen-bond acceptors (Lipinski definition) is 7. The smallest absolute Gasteiger partial charge is 0.334 e. The van der Waals surface area contributed by atoms with Crippen LogP contribution in [0.15, 0.2) is 48.2 Å². The van der Waals surface area contributed by atoms with Gasteiger partial charge in [0.1, 0.15) is 11.6 Å². The van der Waals surface area contributed by atoms with E-state index in [2.05, 4.69) is 40.3 Å². The number of rotatable bonds is 8. The van der Waals surface area contributed by atoms with Crippen LogP contribution < -0.4 is 10.2 Å². The number of hydrogen-bond donors (Lipinski definition) is 1. The molecule has 1 saturated heterocycles. The molecule has 1 aromatic heterocycles. The number of carbonyl (C=O) groups is 1. The Morgan fingerprint density at radius 2 is 2.03 bits per heavy atom. The number of nitrogens with one attached hydrogen (secondary N) is 1. The van der Waals surface area contributed by atoms with Gasteiger partial charge in [-0.15, -0.1) is 0 Å².